The molecule has 12 aromatic rings. The normalized spacial score (nSPS) is 14.0. The molecule has 10 aromatic carbocycles. The lowest BCUT2D eigenvalue weighted by Crippen LogP contribution is -2.32. The van der Waals surface area contributed by atoms with Crippen LogP contribution in [0.3, 0.4) is 0 Å². The van der Waals surface area contributed by atoms with Crippen molar-refractivity contribution in [3.05, 3.63) is 264 Å². The van der Waals surface area contributed by atoms with Crippen molar-refractivity contribution in [3.63, 3.8) is 0 Å². The molecule has 2 aromatic heterocycles. The van der Waals surface area contributed by atoms with Crippen molar-refractivity contribution < 1.29 is 4.74 Å². The Kier molecular flexibility index (Phi) is 8.56. The molecule has 0 unspecified atom stereocenters. The molecule has 2 aliphatic carbocycles. The Balaban J connectivity index is 0.969. The van der Waals surface area contributed by atoms with Gasteiger partial charge >= 0.3 is 0 Å². The first-order chi connectivity index (χ1) is 35.4. The Hall–Kier alpha value is -9.19. The number of nitrogens with zero attached hydrogens (tertiary/aromatic N) is 4. The first kappa shape index (κ1) is 40.7. The summed E-state index contributed by atoms with van der Waals surface area (Å²) in [6, 6.07) is 83.0. The van der Waals surface area contributed by atoms with E-state index in [1.807, 2.05) is 36.4 Å². The molecule has 5 heteroatoms. The summed E-state index contributed by atoms with van der Waals surface area (Å²) < 4.78 is 9.22. The fraction of sp³-hybridized carbons (Fsp3) is 0.0597. The van der Waals surface area contributed by atoms with Gasteiger partial charge in [-0.05, 0) is 98.6 Å². The lowest BCUT2D eigenvalue weighted by molar-refractivity contribution is 0.436. The number of ether oxygens (including phenoxy) is 1. The molecule has 0 saturated heterocycles. The van der Waals surface area contributed by atoms with Crippen LogP contribution in [0.15, 0.2) is 231 Å². The van der Waals surface area contributed by atoms with Gasteiger partial charge < -0.3 is 9.30 Å². The summed E-state index contributed by atoms with van der Waals surface area (Å²) in [5.41, 5.74) is 20.2. The van der Waals surface area contributed by atoms with Crippen LogP contribution in [0.2, 0.25) is 0 Å². The fourth-order valence-corrected chi connectivity index (χ4v) is 12.5. The number of hydrogen-bond donors (Lipinski definition) is 0. The van der Waals surface area contributed by atoms with Crippen molar-refractivity contribution in [2.24, 2.45) is 0 Å². The topological polar surface area (TPSA) is 52.8 Å². The summed E-state index contributed by atoms with van der Waals surface area (Å²) in [7, 11) is 0. The van der Waals surface area contributed by atoms with E-state index in [2.05, 4.69) is 213 Å². The molecule has 3 aliphatic rings. The summed E-state index contributed by atoms with van der Waals surface area (Å²) in [6.45, 7) is 4.73. The molecule has 338 valence electrons. The molecule has 0 radical (unpaired) electrons. The highest BCUT2D eigenvalue weighted by Gasteiger charge is 2.51. The molecule has 1 spiro atoms. The van der Waals surface area contributed by atoms with Gasteiger partial charge in [-0.2, -0.15) is 0 Å². The van der Waals surface area contributed by atoms with E-state index in [1.54, 1.807) is 0 Å². The van der Waals surface area contributed by atoms with Crippen molar-refractivity contribution in [1.29, 1.82) is 0 Å². The Morgan fingerprint density at radius 2 is 0.847 bits per heavy atom. The van der Waals surface area contributed by atoms with Gasteiger partial charge in [-0.1, -0.05) is 196 Å². The maximum atomic E-state index is 6.73. The van der Waals surface area contributed by atoms with Gasteiger partial charge in [-0.25, -0.2) is 15.0 Å². The molecule has 3 heterocycles. The summed E-state index contributed by atoms with van der Waals surface area (Å²) in [5.74, 6) is 3.60. The second-order valence-corrected chi connectivity index (χ2v) is 19.9. The monoisotopic (exact) mass is 920 g/mol. The number of rotatable bonds is 5. The summed E-state index contributed by atoms with van der Waals surface area (Å²) in [6.07, 6.45) is 0. The van der Waals surface area contributed by atoms with Crippen molar-refractivity contribution in [2.75, 3.05) is 0 Å². The molecule has 0 amide bonds. The minimum absolute atomic E-state index is 0.120. The SMILES string of the molecule is CC1(C)c2ccccc2-c2c1ccc1c3cc(-c4ccc5c(c4)-c4cc(-c6nc(-c7ccccc7)nc(-c7ccccc7)n6)ccc4C54c5ccccc5Oc5ccccc54)ccc3n(-c3ccccc3)c21. The van der Waals surface area contributed by atoms with Gasteiger partial charge in [0.1, 0.15) is 11.5 Å². The quantitative estimate of drug-likeness (QED) is 0.173. The minimum atomic E-state index is -0.645. The molecule has 0 atom stereocenters. The summed E-state index contributed by atoms with van der Waals surface area (Å²) in [4.78, 5) is 15.4. The van der Waals surface area contributed by atoms with Crippen LogP contribution in [0.1, 0.15) is 47.2 Å². The minimum Gasteiger partial charge on any atom is -0.457 e. The van der Waals surface area contributed by atoms with Gasteiger partial charge in [0.2, 0.25) is 0 Å². The molecule has 0 fully saturated rings. The zero-order chi connectivity index (χ0) is 47.7. The highest BCUT2D eigenvalue weighted by molar-refractivity contribution is 6.16. The first-order valence-corrected chi connectivity index (χ1v) is 24.8. The molecule has 15 rings (SSSR count). The van der Waals surface area contributed by atoms with E-state index in [1.165, 1.54) is 60.8 Å². The second kappa shape index (κ2) is 15.2. The van der Waals surface area contributed by atoms with Crippen molar-refractivity contribution >= 4 is 21.8 Å². The van der Waals surface area contributed by atoms with Crippen molar-refractivity contribution in [2.45, 2.75) is 24.7 Å². The van der Waals surface area contributed by atoms with Gasteiger partial charge in [0.25, 0.3) is 0 Å². The zero-order valence-corrected chi connectivity index (χ0v) is 39.6. The predicted molar refractivity (Wildman–Crippen MR) is 291 cm³/mol. The Labute approximate surface area is 417 Å². The van der Waals surface area contributed by atoms with Crippen LogP contribution in [0.5, 0.6) is 11.5 Å². The summed E-state index contributed by atoms with van der Waals surface area (Å²) in [5, 5.41) is 2.47. The standard InChI is InChI=1S/C67H44N4O/c1-66(2)52-25-13-12-24-48(52)61-57(66)36-33-47-51-39-44(32-37-58(51)71(62(47)61)46-22-10-5-11-23-46)43-30-34-53-49(38-43)50-40-45(65-69-63(41-18-6-3-7-19-41)68-64(70-65)42-20-8-4-9-21-42)31-35-54(50)67(53)55-26-14-16-28-59(55)72-60-29-17-15-27-56(60)67/h3-40H,1-2H3. The lowest BCUT2D eigenvalue weighted by Gasteiger charge is -2.39. The molecule has 1 aliphatic heterocycles. The van der Waals surface area contributed by atoms with Gasteiger partial charge in [0, 0.05) is 55.3 Å². The Morgan fingerprint density at radius 3 is 1.49 bits per heavy atom. The van der Waals surface area contributed by atoms with E-state index in [-0.39, 0.29) is 5.41 Å². The molecule has 5 nitrogen and oxygen atoms in total. The van der Waals surface area contributed by atoms with E-state index >= 15 is 0 Å². The van der Waals surface area contributed by atoms with E-state index in [4.69, 9.17) is 19.7 Å². The highest BCUT2D eigenvalue weighted by atomic mass is 16.5. The van der Waals surface area contributed by atoms with Crippen LogP contribution in [0.25, 0.3) is 95.0 Å². The second-order valence-electron chi connectivity index (χ2n) is 19.9. The van der Waals surface area contributed by atoms with Gasteiger partial charge in [-0.3, -0.25) is 0 Å². The maximum Gasteiger partial charge on any atom is 0.164 e. The number of hydrogen-bond acceptors (Lipinski definition) is 4. The third-order valence-electron chi connectivity index (χ3n) is 15.7. The van der Waals surface area contributed by atoms with Gasteiger partial charge in [-0.15, -0.1) is 0 Å². The lowest BCUT2D eigenvalue weighted by atomic mass is 9.66. The molecular weight excluding hydrogens is 877 g/mol. The van der Waals surface area contributed by atoms with Crippen LogP contribution >= 0.6 is 0 Å². The number of aromatic nitrogens is 4. The molecular formula is C67H44N4O. The van der Waals surface area contributed by atoms with Crippen LogP contribution in [0, 0.1) is 0 Å². The Morgan fingerprint density at radius 1 is 0.361 bits per heavy atom. The van der Waals surface area contributed by atoms with Crippen molar-refractivity contribution in [3.8, 4) is 84.7 Å². The maximum absolute atomic E-state index is 6.73. The molecule has 72 heavy (non-hydrogen) atoms. The van der Waals surface area contributed by atoms with E-state index in [0.29, 0.717) is 17.5 Å². The van der Waals surface area contributed by atoms with Crippen LogP contribution in [0.4, 0.5) is 0 Å². The van der Waals surface area contributed by atoms with E-state index < -0.39 is 5.41 Å². The number of para-hydroxylation sites is 3. The fourth-order valence-electron chi connectivity index (χ4n) is 12.5. The van der Waals surface area contributed by atoms with Crippen LogP contribution < -0.4 is 4.74 Å². The third kappa shape index (κ3) is 5.67. The highest BCUT2D eigenvalue weighted by Crippen LogP contribution is 2.63. The largest absolute Gasteiger partial charge is 0.457 e. The first-order valence-electron chi connectivity index (χ1n) is 24.8. The molecule has 0 saturated carbocycles. The predicted octanol–water partition coefficient (Wildman–Crippen LogP) is 16.4. The van der Waals surface area contributed by atoms with Crippen LogP contribution in [-0.2, 0) is 10.8 Å². The zero-order valence-electron chi connectivity index (χ0n) is 39.6. The number of fused-ring (bicyclic) bond motifs is 16. The average molecular weight is 921 g/mol. The molecule has 0 bridgehead atoms. The summed E-state index contributed by atoms with van der Waals surface area (Å²) >= 11 is 0. The van der Waals surface area contributed by atoms with Gasteiger partial charge in [0.05, 0.1) is 16.4 Å². The Bertz CT molecular complexity index is 4110. The van der Waals surface area contributed by atoms with Crippen LogP contribution in [-0.4, -0.2) is 19.5 Å². The van der Waals surface area contributed by atoms with E-state index in [0.717, 1.165) is 61.7 Å². The van der Waals surface area contributed by atoms with Crippen molar-refractivity contribution in [1.82, 2.24) is 19.5 Å². The smallest absolute Gasteiger partial charge is 0.164 e. The number of benzene rings is 10. The third-order valence-corrected chi connectivity index (χ3v) is 15.7. The average Bonchev–Trinajstić information content (AvgIpc) is 4.02. The molecule has 0 N–H and O–H groups in total. The van der Waals surface area contributed by atoms with E-state index in [9.17, 15) is 0 Å². The van der Waals surface area contributed by atoms with Gasteiger partial charge in [0.15, 0.2) is 17.5 Å².